The molecule has 2 heteroatoms. The van der Waals surface area contributed by atoms with Gasteiger partial charge in [-0.2, -0.15) is 0 Å². The quantitative estimate of drug-likeness (QED) is 0.503. The van der Waals surface area contributed by atoms with Gasteiger partial charge in [-0.15, -0.1) is 0 Å². The van der Waals surface area contributed by atoms with Crippen LogP contribution in [0.15, 0.2) is 11.1 Å². The Balaban J connectivity index is 2.58. The van der Waals surface area contributed by atoms with Gasteiger partial charge in [0, 0.05) is 0 Å². The van der Waals surface area contributed by atoms with Gasteiger partial charge in [-0.25, -0.2) is 0 Å². The summed E-state index contributed by atoms with van der Waals surface area (Å²) in [4.78, 5) is 0. The molecule has 0 aromatic heterocycles. The zero-order valence-electron chi connectivity index (χ0n) is 5.59. The van der Waals surface area contributed by atoms with Crippen molar-refractivity contribution in [1.82, 2.24) is 0 Å². The van der Waals surface area contributed by atoms with E-state index in [2.05, 4.69) is 0 Å². The minimum atomic E-state index is -0.229. The van der Waals surface area contributed by atoms with Crippen LogP contribution in [0, 0.1) is 0 Å². The molecule has 0 saturated carbocycles. The highest BCUT2D eigenvalue weighted by Crippen LogP contribution is 2.24. The minimum absolute atomic E-state index is 0.114. The van der Waals surface area contributed by atoms with Gasteiger partial charge in [0.05, 0.1) is 12.7 Å². The Bertz CT molecular complexity index is 138. The lowest BCUT2D eigenvalue weighted by molar-refractivity contribution is 0.182. The van der Waals surface area contributed by atoms with Crippen LogP contribution in [0.5, 0.6) is 0 Å². The Morgan fingerprint density at radius 1 is 1.56 bits per heavy atom. The van der Waals surface area contributed by atoms with Crippen molar-refractivity contribution >= 4 is 0 Å². The fraction of sp³-hybridized carbons (Fsp3) is 0.714. The lowest BCUT2D eigenvalue weighted by Gasteiger charge is -1.97. The third-order valence-electron chi connectivity index (χ3n) is 1.82. The summed E-state index contributed by atoms with van der Waals surface area (Å²) in [6.45, 7) is 2.07. The van der Waals surface area contributed by atoms with E-state index in [1.165, 1.54) is 0 Å². The Kier molecular flexibility index (Phi) is 1.88. The molecular formula is C7H12O2. The second-order valence-corrected chi connectivity index (χ2v) is 2.60. The molecule has 0 fully saturated rings. The van der Waals surface area contributed by atoms with E-state index >= 15 is 0 Å². The molecule has 2 N–H and O–H groups in total. The zero-order valence-corrected chi connectivity index (χ0v) is 5.59. The Morgan fingerprint density at radius 3 is 2.44 bits per heavy atom. The summed E-state index contributed by atoms with van der Waals surface area (Å²) in [5, 5.41) is 17.7. The van der Waals surface area contributed by atoms with Gasteiger partial charge >= 0.3 is 0 Å². The second-order valence-electron chi connectivity index (χ2n) is 2.60. The molecule has 0 saturated heterocycles. The fourth-order valence-corrected chi connectivity index (χ4v) is 1.23. The second kappa shape index (κ2) is 2.50. The molecule has 0 amide bonds. The number of hydrogen-bond acceptors (Lipinski definition) is 2. The topological polar surface area (TPSA) is 40.5 Å². The van der Waals surface area contributed by atoms with E-state index < -0.39 is 0 Å². The normalized spacial score (nSPS) is 27.7. The minimum Gasteiger partial charge on any atom is -0.392 e. The highest BCUT2D eigenvalue weighted by molar-refractivity contribution is 5.19. The van der Waals surface area contributed by atoms with Crippen LogP contribution in [-0.4, -0.2) is 22.9 Å². The van der Waals surface area contributed by atoms with Crippen molar-refractivity contribution in [3.63, 3.8) is 0 Å². The third-order valence-corrected chi connectivity index (χ3v) is 1.82. The first-order chi connectivity index (χ1) is 4.24. The van der Waals surface area contributed by atoms with Crippen LogP contribution in [-0.2, 0) is 0 Å². The summed E-state index contributed by atoms with van der Waals surface area (Å²) >= 11 is 0. The van der Waals surface area contributed by atoms with Crippen molar-refractivity contribution in [2.75, 3.05) is 6.61 Å². The van der Waals surface area contributed by atoms with Crippen LogP contribution in [0.3, 0.4) is 0 Å². The number of aliphatic hydroxyl groups excluding tert-OH is 2. The van der Waals surface area contributed by atoms with Gasteiger partial charge in [-0.1, -0.05) is 5.57 Å². The van der Waals surface area contributed by atoms with Gasteiger partial charge in [-0.3, -0.25) is 0 Å². The van der Waals surface area contributed by atoms with E-state index in [9.17, 15) is 0 Å². The van der Waals surface area contributed by atoms with Crippen molar-refractivity contribution < 1.29 is 10.2 Å². The van der Waals surface area contributed by atoms with Crippen molar-refractivity contribution in [3.05, 3.63) is 11.1 Å². The van der Waals surface area contributed by atoms with Crippen LogP contribution in [0.1, 0.15) is 19.8 Å². The standard InChI is InChI=1S/C7H12O2/c1-5-2-7(9)3-6(5)4-8/h7-9H,2-4H2,1H3. The molecule has 1 atom stereocenters. The summed E-state index contributed by atoms with van der Waals surface area (Å²) in [5.74, 6) is 0. The Morgan fingerprint density at radius 2 is 2.22 bits per heavy atom. The lowest BCUT2D eigenvalue weighted by Crippen LogP contribution is -1.99. The van der Waals surface area contributed by atoms with Crippen LogP contribution in [0.2, 0.25) is 0 Å². The molecule has 0 aromatic rings. The van der Waals surface area contributed by atoms with Crippen LogP contribution < -0.4 is 0 Å². The molecule has 2 nitrogen and oxygen atoms in total. The zero-order chi connectivity index (χ0) is 6.85. The molecule has 0 heterocycles. The van der Waals surface area contributed by atoms with E-state index in [1.807, 2.05) is 6.92 Å². The monoisotopic (exact) mass is 128 g/mol. The van der Waals surface area contributed by atoms with Gasteiger partial charge in [0.1, 0.15) is 0 Å². The van der Waals surface area contributed by atoms with E-state index in [-0.39, 0.29) is 12.7 Å². The first kappa shape index (κ1) is 6.78. The largest absolute Gasteiger partial charge is 0.392 e. The predicted molar refractivity (Wildman–Crippen MR) is 35.0 cm³/mol. The van der Waals surface area contributed by atoms with E-state index in [4.69, 9.17) is 10.2 Å². The maximum absolute atomic E-state index is 9.05. The highest BCUT2D eigenvalue weighted by Gasteiger charge is 2.17. The number of aliphatic hydroxyl groups is 2. The van der Waals surface area contributed by atoms with Crippen molar-refractivity contribution in [2.24, 2.45) is 0 Å². The van der Waals surface area contributed by atoms with Gasteiger partial charge in [0.2, 0.25) is 0 Å². The van der Waals surface area contributed by atoms with Crippen molar-refractivity contribution in [1.29, 1.82) is 0 Å². The summed E-state index contributed by atoms with van der Waals surface area (Å²) in [6.07, 6.45) is 1.19. The van der Waals surface area contributed by atoms with Crippen LogP contribution in [0.25, 0.3) is 0 Å². The molecule has 1 aliphatic carbocycles. The molecule has 1 aliphatic rings. The third kappa shape index (κ3) is 1.32. The molecule has 0 aromatic carbocycles. The smallest absolute Gasteiger partial charge is 0.0645 e. The Labute approximate surface area is 54.8 Å². The number of hydrogen-bond donors (Lipinski definition) is 2. The SMILES string of the molecule is CC1=C(CO)CC(O)C1. The summed E-state index contributed by atoms with van der Waals surface area (Å²) in [5.41, 5.74) is 2.17. The lowest BCUT2D eigenvalue weighted by atomic mass is 10.2. The average Bonchev–Trinajstić information content (AvgIpc) is 2.10. The van der Waals surface area contributed by atoms with Crippen molar-refractivity contribution in [2.45, 2.75) is 25.9 Å². The van der Waals surface area contributed by atoms with Crippen LogP contribution in [0.4, 0.5) is 0 Å². The molecule has 1 unspecified atom stereocenters. The molecule has 9 heavy (non-hydrogen) atoms. The fourth-order valence-electron chi connectivity index (χ4n) is 1.23. The van der Waals surface area contributed by atoms with E-state index in [1.54, 1.807) is 0 Å². The predicted octanol–water partition coefficient (Wildman–Crippen LogP) is 0.450. The number of rotatable bonds is 1. The van der Waals surface area contributed by atoms with E-state index in [0.717, 1.165) is 17.6 Å². The van der Waals surface area contributed by atoms with E-state index in [0.29, 0.717) is 6.42 Å². The van der Waals surface area contributed by atoms with Gasteiger partial charge in [-0.05, 0) is 25.3 Å². The highest BCUT2D eigenvalue weighted by atomic mass is 16.3. The van der Waals surface area contributed by atoms with Gasteiger partial charge in [0.15, 0.2) is 0 Å². The molecule has 52 valence electrons. The van der Waals surface area contributed by atoms with Gasteiger partial charge in [0.25, 0.3) is 0 Å². The molecule has 0 aliphatic heterocycles. The molecular weight excluding hydrogens is 116 g/mol. The summed E-state index contributed by atoms with van der Waals surface area (Å²) < 4.78 is 0. The average molecular weight is 128 g/mol. The maximum atomic E-state index is 9.05. The van der Waals surface area contributed by atoms with Gasteiger partial charge < -0.3 is 10.2 Å². The van der Waals surface area contributed by atoms with Crippen LogP contribution >= 0.6 is 0 Å². The Hall–Kier alpha value is -0.340. The molecule has 1 rings (SSSR count). The summed E-state index contributed by atoms with van der Waals surface area (Å²) in [7, 11) is 0. The molecule has 0 radical (unpaired) electrons. The maximum Gasteiger partial charge on any atom is 0.0645 e. The van der Waals surface area contributed by atoms with Crippen molar-refractivity contribution in [3.8, 4) is 0 Å². The molecule has 0 spiro atoms. The first-order valence-corrected chi connectivity index (χ1v) is 3.20. The molecule has 0 bridgehead atoms. The summed E-state index contributed by atoms with van der Waals surface area (Å²) in [6, 6.07) is 0. The first-order valence-electron chi connectivity index (χ1n) is 3.20.